The molecule has 0 nitrogen and oxygen atoms in total. The SMILES string of the molecule is C=C/C=C(/[B]/C(C=C)=C/c1c(C)c2ccccc2c2ccccc12)c1c(C=C)sc(/C=C\C)c1C=C. The van der Waals surface area contributed by atoms with E-state index in [0.717, 1.165) is 26.9 Å². The van der Waals surface area contributed by atoms with Gasteiger partial charge in [-0.05, 0) is 63.7 Å². The third kappa shape index (κ3) is 4.65. The summed E-state index contributed by atoms with van der Waals surface area (Å²) in [5.74, 6) is 0. The van der Waals surface area contributed by atoms with E-state index < -0.39 is 0 Å². The fraction of sp³-hybridized carbons (Fsp3) is 0.0588. The maximum absolute atomic E-state index is 4.15. The van der Waals surface area contributed by atoms with Gasteiger partial charge < -0.3 is 0 Å². The van der Waals surface area contributed by atoms with Gasteiger partial charge in [-0.15, -0.1) is 11.3 Å². The van der Waals surface area contributed by atoms with Crippen LogP contribution in [0.25, 0.3) is 51.3 Å². The van der Waals surface area contributed by atoms with Crippen LogP contribution < -0.4 is 0 Å². The largest absolute Gasteiger partial charge is 0.192 e. The van der Waals surface area contributed by atoms with Crippen LogP contribution in [0.5, 0.6) is 0 Å². The van der Waals surface area contributed by atoms with Gasteiger partial charge in [0.05, 0.1) is 0 Å². The molecular formula is C34H30BS. The Morgan fingerprint density at radius 1 is 0.806 bits per heavy atom. The van der Waals surface area contributed by atoms with Crippen molar-refractivity contribution in [2.45, 2.75) is 13.8 Å². The van der Waals surface area contributed by atoms with Crippen molar-refractivity contribution in [3.63, 3.8) is 0 Å². The van der Waals surface area contributed by atoms with Crippen LogP contribution in [0.3, 0.4) is 0 Å². The molecule has 0 aliphatic carbocycles. The molecule has 1 heterocycles. The number of allylic oxidation sites excluding steroid dienone is 5. The molecule has 0 fully saturated rings. The van der Waals surface area contributed by atoms with E-state index in [1.807, 2.05) is 37.3 Å². The van der Waals surface area contributed by atoms with E-state index in [1.54, 1.807) is 11.3 Å². The number of thiophene rings is 1. The second-order valence-electron chi connectivity index (χ2n) is 8.51. The lowest BCUT2D eigenvalue weighted by Crippen LogP contribution is -2.02. The topological polar surface area (TPSA) is 0 Å². The highest BCUT2D eigenvalue weighted by Gasteiger charge is 2.18. The Hall–Kier alpha value is -3.88. The molecule has 1 radical (unpaired) electrons. The lowest BCUT2D eigenvalue weighted by Gasteiger charge is -2.14. The van der Waals surface area contributed by atoms with E-state index in [4.69, 9.17) is 0 Å². The van der Waals surface area contributed by atoms with Gasteiger partial charge >= 0.3 is 0 Å². The number of aryl methyl sites for hydroxylation is 1. The van der Waals surface area contributed by atoms with Crippen molar-refractivity contribution in [1.29, 1.82) is 0 Å². The number of hydrogen-bond donors (Lipinski definition) is 0. The number of hydrogen-bond acceptors (Lipinski definition) is 1. The summed E-state index contributed by atoms with van der Waals surface area (Å²) in [5, 5.41) is 5.04. The minimum Gasteiger partial charge on any atom is -0.135 e. The Balaban J connectivity index is 1.91. The minimum absolute atomic E-state index is 1.02. The van der Waals surface area contributed by atoms with E-state index in [9.17, 15) is 0 Å². The first kappa shape index (κ1) is 25.2. The molecule has 0 aliphatic heterocycles. The molecule has 0 N–H and O–H groups in total. The lowest BCUT2D eigenvalue weighted by atomic mass is 9.59. The van der Waals surface area contributed by atoms with E-state index >= 15 is 0 Å². The second-order valence-corrected chi connectivity index (χ2v) is 9.59. The Labute approximate surface area is 219 Å². The average Bonchev–Trinajstić information content (AvgIpc) is 3.27. The molecule has 0 saturated heterocycles. The molecule has 1 aromatic heterocycles. The molecule has 0 atom stereocenters. The van der Waals surface area contributed by atoms with Crippen molar-refractivity contribution in [3.05, 3.63) is 137 Å². The third-order valence-electron chi connectivity index (χ3n) is 6.41. The predicted octanol–water partition coefficient (Wildman–Crippen LogP) is 10.1. The zero-order valence-electron chi connectivity index (χ0n) is 21.1. The van der Waals surface area contributed by atoms with Gasteiger partial charge in [-0.25, -0.2) is 0 Å². The van der Waals surface area contributed by atoms with Gasteiger partial charge in [0.2, 0.25) is 0 Å². The highest BCUT2D eigenvalue weighted by atomic mass is 32.1. The maximum Gasteiger partial charge on any atom is 0.192 e. The molecule has 0 bridgehead atoms. The van der Waals surface area contributed by atoms with Gasteiger partial charge in [0.25, 0.3) is 0 Å². The van der Waals surface area contributed by atoms with Crippen LogP contribution in [-0.2, 0) is 0 Å². The molecule has 0 unspecified atom stereocenters. The quantitative estimate of drug-likeness (QED) is 0.127. The van der Waals surface area contributed by atoms with E-state index in [1.165, 1.54) is 37.5 Å². The first-order valence-electron chi connectivity index (χ1n) is 12.0. The van der Waals surface area contributed by atoms with Gasteiger partial charge in [-0.2, -0.15) is 0 Å². The summed E-state index contributed by atoms with van der Waals surface area (Å²) < 4.78 is 0. The van der Waals surface area contributed by atoms with Crippen molar-refractivity contribution in [2.24, 2.45) is 0 Å². The molecule has 4 aromatic rings. The second kappa shape index (κ2) is 11.2. The lowest BCUT2D eigenvalue weighted by molar-refractivity contribution is 1.52. The van der Waals surface area contributed by atoms with Crippen molar-refractivity contribution in [3.8, 4) is 0 Å². The van der Waals surface area contributed by atoms with Crippen LogP contribution in [0.2, 0.25) is 0 Å². The summed E-state index contributed by atoms with van der Waals surface area (Å²) in [6.45, 7) is 20.5. The number of benzene rings is 3. The normalized spacial score (nSPS) is 12.3. The van der Waals surface area contributed by atoms with Crippen molar-refractivity contribution in [1.82, 2.24) is 0 Å². The molecule has 0 saturated carbocycles. The predicted molar refractivity (Wildman–Crippen MR) is 168 cm³/mol. The van der Waals surface area contributed by atoms with Crippen LogP contribution in [0, 0.1) is 6.92 Å². The highest BCUT2D eigenvalue weighted by Crippen LogP contribution is 2.38. The summed E-state index contributed by atoms with van der Waals surface area (Å²) in [6, 6.07) is 17.2. The molecule has 0 amide bonds. The molecule has 2 heteroatoms. The van der Waals surface area contributed by atoms with E-state index in [-0.39, 0.29) is 0 Å². The van der Waals surface area contributed by atoms with Crippen molar-refractivity contribution < 1.29 is 0 Å². The first-order chi connectivity index (χ1) is 17.6. The van der Waals surface area contributed by atoms with Crippen LogP contribution >= 0.6 is 11.3 Å². The van der Waals surface area contributed by atoms with E-state index in [0.29, 0.717) is 0 Å². The summed E-state index contributed by atoms with van der Waals surface area (Å²) >= 11 is 1.72. The number of rotatable bonds is 9. The zero-order valence-corrected chi connectivity index (χ0v) is 21.9. The molecule has 36 heavy (non-hydrogen) atoms. The van der Waals surface area contributed by atoms with Crippen LogP contribution in [-0.4, -0.2) is 7.28 Å². The fourth-order valence-corrected chi connectivity index (χ4v) is 5.92. The smallest absolute Gasteiger partial charge is 0.135 e. The van der Waals surface area contributed by atoms with E-state index in [2.05, 4.69) is 107 Å². The third-order valence-corrected chi connectivity index (χ3v) is 7.57. The Kier molecular flexibility index (Phi) is 7.88. The molecule has 0 aliphatic rings. The van der Waals surface area contributed by atoms with Gasteiger partial charge in [0.15, 0.2) is 7.28 Å². The highest BCUT2D eigenvalue weighted by molar-refractivity contribution is 7.14. The number of fused-ring (bicyclic) bond motifs is 3. The van der Waals surface area contributed by atoms with Gasteiger partial charge in [-0.3, -0.25) is 0 Å². The molecule has 3 aromatic carbocycles. The van der Waals surface area contributed by atoms with Crippen molar-refractivity contribution >= 4 is 69.9 Å². The molecule has 0 spiro atoms. The molecular weight excluding hydrogens is 451 g/mol. The van der Waals surface area contributed by atoms with Crippen LogP contribution in [0.4, 0.5) is 0 Å². The Morgan fingerprint density at radius 3 is 2.03 bits per heavy atom. The zero-order chi connectivity index (χ0) is 25.7. The van der Waals surface area contributed by atoms with Gasteiger partial charge in [0.1, 0.15) is 0 Å². The van der Waals surface area contributed by atoms with Crippen molar-refractivity contribution in [2.75, 3.05) is 0 Å². The standard InChI is InChI=1S/C34H30BS/c1-7-16-31(34-25(10-4)33(17-8-2)36-32(34)11-5)35-24(9-3)22-30-23(6)26-18-12-13-19-27(26)28-20-14-15-21-29(28)30/h7-22H,1,3-5H2,2,6H3/b17-8-,24-22+,31-16+. The molecule has 175 valence electrons. The summed E-state index contributed by atoms with van der Waals surface area (Å²) in [4.78, 5) is 2.28. The maximum atomic E-state index is 4.15. The summed E-state index contributed by atoms with van der Waals surface area (Å²) in [6.07, 6.45) is 16.1. The Morgan fingerprint density at radius 2 is 1.44 bits per heavy atom. The summed E-state index contributed by atoms with van der Waals surface area (Å²) in [7, 11) is 2.18. The monoisotopic (exact) mass is 481 g/mol. The summed E-state index contributed by atoms with van der Waals surface area (Å²) in [5.41, 5.74) is 6.77. The minimum atomic E-state index is 1.02. The van der Waals surface area contributed by atoms with Gasteiger partial charge in [0, 0.05) is 9.75 Å². The van der Waals surface area contributed by atoms with Crippen LogP contribution in [0.1, 0.15) is 38.9 Å². The average molecular weight is 481 g/mol. The Bertz CT molecular complexity index is 1590. The fourth-order valence-electron chi connectivity index (χ4n) is 4.77. The molecule has 4 rings (SSSR count). The van der Waals surface area contributed by atoms with Crippen LogP contribution in [0.15, 0.2) is 105 Å². The van der Waals surface area contributed by atoms with Gasteiger partial charge in [-0.1, -0.05) is 128 Å². The first-order valence-corrected chi connectivity index (χ1v) is 12.9.